The first-order chi connectivity index (χ1) is 15.8. The normalized spacial score (nSPS) is 11.7. The number of hydrogen-bond acceptors (Lipinski definition) is 3. The first-order valence-corrected chi connectivity index (χ1v) is 11.8. The zero-order chi connectivity index (χ0) is 23.8. The van der Waals surface area contributed by atoms with Crippen LogP contribution in [-0.4, -0.2) is 18.4 Å². The van der Waals surface area contributed by atoms with Crippen molar-refractivity contribution in [3.05, 3.63) is 94.0 Å². The lowest BCUT2D eigenvalue weighted by molar-refractivity contribution is 0.0939. The van der Waals surface area contributed by atoms with Crippen LogP contribution >= 0.6 is 15.9 Å². The van der Waals surface area contributed by atoms with E-state index in [1.807, 2.05) is 37.3 Å². The lowest BCUT2D eigenvalue weighted by Crippen LogP contribution is -2.26. The smallest absolute Gasteiger partial charge is 0.255 e. The molecule has 2 amide bonds. The molecular weight excluding hydrogens is 480 g/mol. The standard InChI is InChI=1S/C27H29BrN2O3/c1-18(2)15-16-33-25-14-11-22(17-24(25)28)27(32)30-23-12-9-21(10-13-23)26(31)29-19(3)20-7-5-4-6-8-20/h4-14,17-19H,15-16H2,1-3H3,(H,29,31)(H,30,32). The molecule has 5 nitrogen and oxygen atoms in total. The molecule has 0 spiro atoms. The average molecular weight is 509 g/mol. The van der Waals surface area contributed by atoms with Crippen molar-refractivity contribution in [2.24, 2.45) is 5.92 Å². The largest absolute Gasteiger partial charge is 0.492 e. The van der Waals surface area contributed by atoms with E-state index in [2.05, 4.69) is 40.4 Å². The maximum Gasteiger partial charge on any atom is 0.255 e. The summed E-state index contributed by atoms with van der Waals surface area (Å²) in [7, 11) is 0. The fraction of sp³-hybridized carbons (Fsp3) is 0.259. The van der Waals surface area contributed by atoms with Gasteiger partial charge in [-0.05, 0) is 83.2 Å². The summed E-state index contributed by atoms with van der Waals surface area (Å²) in [4.78, 5) is 25.2. The van der Waals surface area contributed by atoms with E-state index in [1.165, 1.54) is 0 Å². The van der Waals surface area contributed by atoms with Crippen LogP contribution in [0.3, 0.4) is 0 Å². The zero-order valence-corrected chi connectivity index (χ0v) is 20.7. The van der Waals surface area contributed by atoms with Gasteiger partial charge >= 0.3 is 0 Å². The van der Waals surface area contributed by atoms with E-state index >= 15 is 0 Å². The average Bonchev–Trinajstić information content (AvgIpc) is 2.80. The van der Waals surface area contributed by atoms with Crippen molar-refractivity contribution in [3.63, 3.8) is 0 Å². The second kappa shape index (κ2) is 11.7. The molecule has 0 saturated carbocycles. The fourth-order valence-corrected chi connectivity index (χ4v) is 3.67. The Morgan fingerprint density at radius 1 is 0.879 bits per heavy atom. The predicted molar refractivity (Wildman–Crippen MR) is 136 cm³/mol. The Hall–Kier alpha value is -3.12. The maximum absolute atomic E-state index is 12.7. The van der Waals surface area contributed by atoms with Crippen LogP contribution in [0, 0.1) is 5.92 Å². The summed E-state index contributed by atoms with van der Waals surface area (Å²) in [6.45, 7) is 6.87. The minimum absolute atomic E-state index is 0.103. The number of anilines is 1. The van der Waals surface area contributed by atoms with E-state index in [4.69, 9.17) is 4.74 Å². The first-order valence-electron chi connectivity index (χ1n) is 11.0. The van der Waals surface area contributed by atoms with Crippen LogP contribution in [0.1, 0.15) is 59.5 Å². The van der Waals surface area contributed by atoms with Crippen molar-refractivity contribution in [2.45, 2.75) is 33.2 Å². The number of carbonyl (C=O) groups is 2. The van der Waals surface area contributed by atoms with Crippen molar-refractivity contribution in [3.8, 4) is 5.75 Å². The van der Waals surface area contributed by atoms with Crippen LogP contribution in [0.5, 0.6) is 5.75 Å². The number of nitrogens with one attached hydrogen (secondary N) is 2. The zero-order valence-electron chi connectivity index (χ0n) is 19.1. The second-order valence-electron chi connectivity index (χ2n) is 8.31. The van der Waals surface area contributed by atoms with Crippen LogP contribution in [0.25, 0.3) is 0 Å². The molecule has 3 rings (SSSR count). The molecule has 0 saturated heterocycles. The molecule has 172 valence electrons. The molecule has 3 aromatic carbocycles. The predicted octanol–water partition coefficient (Wildman–Crippen LogP) is 6.62. The van der Waals surface area contributed by atoms with Gasteiger partial charge in [0.1, 0.15) is 5.75 Å². The molecule has 6 heteroatoms. The van der Waals surface area contributed by atoms with E-state index < -0.39 is 0 Å². The Balaban J connectivity index is 1.57. The summed E-state index contributed by atoms with van der Waals surface area (Å²) >= 11 is 3.48. The van der Waals surface area contributed by atoms with Crippen LogP contribution < -0.4 is 15.4 Å². The number of amides is 2. The van der Waals surface area contributed by atoms with E-state index in [0.29, 0.717) is 35.1 Å². The van der Waals surface area contributed by atoms with E-state index in [-0.39, 0.29) is 17.9 Å². The highest BCUT2D eigenvalue weighted by Gasteiger charge is 2.13. The molecule has 0 bridgehead atoms. The summed E-state index contributed by atoms with van der Waals surface area (Å²) in [6, 6.07) is 21.8. The van der Waals surface area contributed by atoms with Crippen LogP contribution in [-0.2, 0) is 0 Å². The third kappa shape index (κ3) is 7.19. The quantitative estimate of drug-likeness (QED) is 0.341. The molecule has 0 heterocycles. The summed E-state index contributed by atoms with van der Waals surface area (Å²) in [6.07, 6.45) is 0.966. The molecule has 0 radical (unpaired) electrons. The Labute approximate surface area is 203 Å². The van der Waals surface area contributed by atoms with Gasteiger partial charge in [-0.15, -0.1) is 0 Å². The van der Waals surface area contributed by atoms with Gasteiger partial charge in [0.25, 0.3) is 11.8 Å². The van der Waals surface area contributed by atoms with Gasteiger partial charge in [-0.3, -0.25) is 9.59 Å². The number of rotatable bonds is 9. The number of benzene rings is 3. The Bertz CT molecular complexity index is 1080. The molecule has 3 aromatic rings. The van der Waals surface area contributed by atoms with Gasteiger partial charge in [-0.25, -0.2) is 0 Å². The number of hydrogen-bond donors (Lipinski definition) is 2. The summed E-state index contributed by atoms with van der Waals surface area (Å²) in [5.41, 5.74) is 2.69. The molecular formula is C27H29BrN2O3. The van der Waals surface area contributed by atoms with Gasteiger partial charge in [0.05, 0.1) is 17.1 Å². The molecule has 0 fully saturated rings. The van der Waals surface area contributed by atoms with Crippen LogP contribution in [0.15, 0.2) is 77.3 Å². The Kier molecular flexibility index (Phi) is 8.66. The molecule has 1 unspecified atom stereocenters. The molecule has 0 aliphatic heterocycles. The minimum Gasteiger partial charge on any atom is -0.492 e. The van der Waals surface area contributed by atoms with Gasteiger partial charge < -0.3 is 15.4 Å². The van der Waals surface area contributed by atoms with E-state index in [0.717, 1.165) is 16.5 Å². The van der Waals surface area contributed by atoms with Crippen LogP contribution in [0.4, 0.5) is 5.69 Å². The Morgan fingerprint density at radius 2 is 1.55 bits per heavy atom. The van der Waals surface area contributed by atoms with E-state index in [1.54, 1.807) is 42.5 Å². The topological polar surface area (TPSA) is 67.4 Å². The lowest BCUT2D eigenvalue weighted by atomic mass is 10.1. The van der Waals surface area contributed by atoms with Crippen LogP contribution in [0.2, 0.25) is 0 Å². The lowest BCUT2D eigenvalue weighted by Gasteiger charge is -2.14. The molecule has 0 aliphatic rings. The highest BCUT2D eigenvalue weighted by molar-refractivity contribution is 9.10. The molecule has 0 aliphatic carbocycles. The maximum atomic E-state index is 12.7. The van der Waals surface area contributed by atoms with Gasteiger partial charge in [-0.1, -0.05) is 44.2 Å². The summed E-state index contributed by atoms with van der Waals surface area (Å²) in [5.74, 6) is 0.881. The van der Waals surface area contributed by atoms with Gasteiger partial charge in [0, 0.05) is 16.8 Å². The third-order valence-electron chi connectivity index (χ3n) is 5.20. The van der Waals surface area contributed by atoms with Crippen molar-refractivity contribution < 1.29 is 14.3 Å². The fourth-order valence-electron chi connectivity index (χ4n) is 3.18. The Morgan fingerprint density at radius 3 is 2.18 bits per heavy atom. The summed E-state index contributed by atoms with van der Waals surface area (Å²) in [5, 5.41) is 5.85. The first kappa shape index (κ1) is 24.5. The van der Waals surface area contributed by atoms with Gasteiger partial charge in [-0.2, -0.15) is 0 Å². The SMILES string of the molecule is CC(C)CCOc1ccc(C(=O)Nc2ccc(C(=O)NC(C)c3ccccc3)cc2)cc1Br. The van der Waals surface area contributed by atoms with Crippen molar-refractivity contribution in [1.29, 1.82) is 0 Å². The number of carbonyl (C=O) groups excluding carboxylic acids is 2. The van der Waals surface area contributed by atoms with Crippen molar-refractivity contribution in [1.82, 2.24) is 5.32 Å². The molecule has 2 N–H and O–H groups in total. The highest BCUT2D eigenvalue weighted by Crippen LogP contribution is 2.27. The number of halogens is 1. The van der Waals surface area contributed by atoms with E-state index in [9.17, 15) is 9.59 Å². The van der Waals surface area contributed by atoms with Crippen molar-refractivity contribution in [2.75, 3.05) is 11.9 Å². The van der Waals surface area contributed by atoms with Gasteiger partial charge in [0.2, 0.25) is 0 Å². The molecule has 1 atom stereocenters. The van der Waals surface area contributed by atoms with Crippen molar-refractivity contribution >= 4 is 33.4 Å². The molecule has 33 heavy (non-hydrogen) atoms. The monoisotopic (exact) mass is 508 g/mol. The number of ether oxygens (including phenoxy) is 1. The third-order valence-corrected chi connectivity index (χ3v) is 5.82. The van der Waals surface area contributed by atoms with Gasteiger partial charge in [0.15, 0.2) is 0 Å². The summed E-state index contributed by atoms with van der Waals surface area (Å²) < 4.78 is 6.51. The highest BCUT2D eigenvalue weighted by atomic mass is 79.9. The minimum atomic E-state index is -0.237. The molecule has 0 aromatic heterocycles. The second-order valence-corrected chi connectivity index (χ2v) is 9.17.